The summed E-state index contributed by atoms with van der Waals surface area (Å²) < 4.78 is 12.5. The van der Waals surface area contributed by atoms with Crippen molar-refractivity contribution < 1.29 is 8.83 Å². The van der Waals surface area contributed by atoms with Gasteiger partial charge in [-0.3, -0.25) is 0 Å². The predicted molar refractivity (Wildman–Crippen MR) is 229 cm³/mol. The molecule has 0 spiro atoms. The average Bonchev–Trinajstić information content (AvgIpc) is 3.82. The van der Waals surface area contributed by atoms with Crippen LogP contribution in [-0.2, 0) is 0 Å². The van der Waals surface area contributed by atoms with Gasteiger partial charge in [0.1, 0.15) is 22.3 Å². The zero-order valence-corrected chi connectivity index (χ0v) is 29.8. The number of rotatable bonds is 6. The Morgan fingerprint density at radius 3 is 1.65 bits per heavy atom. The van der Waals surface area contributed by atoms with Gasteiger partial charge in [-0.05, 0) is 99.3 Å². The number of para-hydroxylation sites is 2. The van der Waals surface area contributed by atoms with Crippen molar-refractivity contribution in [3.8, 4) is 33.4 Å². The summed E-state index contributed by atoms with van der Waals surface area (Å²) in [6.07, 6.45) is 0. The van der Waals surface area contributed by atoms with E-state index in [0.717, 1.165) is 88.8 Å². The Balaban J connectivity index is 1.17. The molecule has 11 aromatic rings. The molecular formula is C52H33NO2. The van der Waals surface area contributed by atoms with Crippen molar-refractivity contribution in [3.63, 3.8) is 0 Å². The maximum absolute atomic E-state index is 6.32. The number of fused-ring (bicyclic) bond motifs is 7. The lowest BCUT2D eigenvalue weighted by Gasteiger charge is -2.29. The van der Waals surface area contributed by atoms with Crippen molar-refractivity contribution in [2.24, 2.45) is 0 Å². The molecule has 0 bridgehead atoms. The van der Waals surface area contributed by atoms with Crippen LogP contribution in [0.4, 0.5) is 17.1 Å². The monoisotopic (exact) mass is 703 g/mol. The van der Waals surface area contributed by atoms with Crippen molar-refractivity contribution in [2.45, 2.75) is 0 Å². The highest BCUT2D eigenvalue weighted by molar-refractivity contribution is 6.08. The highest BCUT2D eigenvalue weighted by Gasteiger charge is 2.21. The topological polar surface area (TPSA) is 29.5 Å². The SMILES string of the molecule is c1ccc(-c2ccc(-c3cccc4ccccc34)cc2N(c2cccc(-c3ccc4oc5ccccc5c4c3)c2)c2ccc3oc4ccccc4c3c2)cc1. The van der Waals surface area contributed by atoms with Gasteiger partial charge in [0, 0.05) is 38.5 Å². The maximum atomic E-state index is 6.32. The summed E-state index contributed by atoms with van der Waals surface area (Å²) in [6.45, 7) is 0. The average molecular weight is 704 g/mol. The van der Waals surface area contributed by atoms with Crippen molar-refractivity contribution in [2.75, 3.05) is 4.90 Å². The Bertz CT molecular complexity index is 3220. The summed E-state index contributed by atoms with van der Waals surface area (Å²) in [5, 5.41) is 6.86. The lowest BCUT2D eigenvalue weighted by Crippen LogP contribution is -2.11. The van der Waals surface area contributed by atoms with Gasteiger partial charge in [-0.25, -0.2) is 0 Å². The molecule has 0 unspecified atom stereocenters. The molecule has 11 rings (SSSR count). The second-order valence-electron chi connectivity index (χ2n) is 14.1. The molecule has 2 aromatic heterocycles. The van der Waals surface area contributed by atoms with Crippen molar-refractivity contribution in [1.82, 2.24) is 0 Å². The summed E-state index contributed by atoms with van der Waals surface area (Å²) >= 11 is 0. The maximum Gasteiger partial charge on any atom is 0.135 e. The zero-order chi connectivity index (χ0) is 36.3. The van der Waals surface area contributed by atoms with E-state index in [9.17, 15) is 0 Å². The molecule has 0 aliphatic carbocycles. The van der Waals surface area contributed by atoms with Crippen molar-refractivity contribution >= 4 is 71.7 Å². The van der Waals surface area contributed by atoms with Gasteiger partial charge in [-0.1, -0.05) is 140 Å². The standard InChI is InChI=1S/C52H33NO2/c1-2-12-35(13-3-1)43-27-24-38(42-21-11-15-34-14-4-5-18-41(34)42)32-48(43)53(40-26-29-52-47(33-40)45-20-7-9-23-50(45)55-52)39-17-10-16-36(30-39)37-25-28-51-46(31-37)44-19-6-8-22-49(44)54-51/h1-33H. The van der Waals surface area contributed by atoms with Crippen molar-refractivity contribution in [1.29, 1.82) is 0 Å². The van der Waals surface area contributed by atoms with Gasteiger partial charge >= 0.3 is 0 Å². The minimum Gasteiger partial charge on any atom is -0.456 e. The van der Waals surface area contributed by atoms with E-state index in [4.69, 9.17) is 8.83 Å². The smallest absolute Gasteiger partial charge is 0.135 e. The molecule has 258 valence electrons. The number of furan rings is 2. The van der Waals surface area contributed by atoms with E-state index < -0.39 is 0 Å². The first-order chi connectivity index (χ1) is 27.2. The van der Waals surface area contributed by atoms with E-state index in [1.54, 1.807) is 0 Å². The molecule has 55 heavy (non-hydrogen) atoms. The molecule has 0 saturated carbocycles. The molecule has 0 saturated heterocycles. The number of hydrogen-bond donors (Lipinski definition) is 0. The molecule has 2 heterocycles. The van der Waals surface area contributed by atoms with E-state index >= 15 is 0 Å². The molecule has 0 fully saturated rings. The van der Waals surface area contributed by atoms with Gasteiger partial charge in [0.05, 0.1) is 5.69 Å². The summed E-state index contributed by atoms with van der Waals surface area (Å²) in [5.41, 5.74) is 13.6. The van der Waals surface area contributed by atoms with Crippen LogP contribution in [0.25, 0.3) is 88.0 Å². The third-order valence-electron chi connectivity index (χ3n) is 10.9. The van der Waals surface area contributed by atoms with Gasteiger partial charge in [0.15, 0.2) is 0 Å². The minimum atomic E-state index is 0.868. The van der Waals surface area contributed by atoms with E-state index in [2.05, 4.69) is 181 Å². The van der Waals surface area contributed by atoms with Crippen LogP contribution in [0.15, 0.2) is 209 Å². The van der Waals surface area contributed by atoms with Crippen LogP contribution >= 0.6 is 0 Å². The number of hydrogen-bond acceptors (Lipinski definition) is 3. The highest BCUT2D eigenvalue weighted by atomic mass is 16.3. The summed E-state index contributed by atoms with van der Waals surface area (Å²) in [6, 6.07) is 71.3. The summed E-state index contributed by atoms with van der Waals surface area (Å²) in [5.74, 6) is 0. The van der Waals surface area contributed by atoms with E-state index in [0.29, 0.717) is 0 Å². The van der Waals surface area contributed by atoms with Gasteiger partial charge in [0.25, 0.3) is 0 Å². The fourth-order valence-corrected chi connectivity index (χ4v) is 8.23. The molecule has 0 amide bonds. The number of nitrogens with zero attached hydrogens (tertiary/aromatic N) is 1. The van der Waals surface area contributed by atoms with Crippen LogP contribution in [0.1, 0.15) is 0 Å². The molecular weight excluding hydrogens is 671 g/mol. The fraction of sp³-hybridized carbons (Fsp3) is 0. The van der Waals surface area contributed by atoms with Crippen LogP contribution < -0.4 is 4.90 Å². The third-order valence-corrected chi connectivity index (χ3v) is 10.9. The lowest BCUT2D eigenvalue weighted by molar-refractivity contribution is 0.668. The highest BCUT2D eigenvalue weighted by Crippen LogP contribution is 2.46. The second-order valence-corrected chi connectivity index (χ2v) is 14.1. The van der Waals surface area contributed by atoms with Crippen molar-refractivity contribution in [3.05, 3.63) is 200 Å². The van der Waals surface area contributed by atoms with E-state index in [1.165, 1.54) is 16.3 Å². The zero-order valence-electron chi connectivity index (χ0n) is 29.8. The first kappa shape index (κ1) is 31.2. The Labute approximate surface area is 317 Å². The molecule has 0 aliphatic rings. The Morgan fingerprint density at radius 1 is 0.291 bits per heavy atom. The molecule has 3 nitrogen and oxygen atoms in total. The first-order valence-corrected chi connectivity index (χ1v) is 18.7. The predicted octanol–water partition coefficient (Wildman–Crippen LogP) is 15.1. The van der Waals surface area contributed by atoms with Crippen LogP contribution in [-0.4, -0.2) is 0 Å². The van der Waals surface area contributed by atoms with Gasteiger partial charge in [-0.15, -0.1) is 0 Å². The first-order valence-electron chi connectivity index (χ1n) is 18.7. The van der Waals surface area contributed by atoms with Crippen LogP contribution in [0.5, 0.6) is 0 Å². The Hall–Kier alpha value is -7.36. The van der Waals surface area contributed by atoms with Gasteiger partial charge < -0.3 is 13.7 Å². The summed E-state index contributed by atoms with van der Waals surface area (Å²) in [7, 11) is 0. The third kappa shape index (κ3) is 5.28. The Morgan fingerprint density at radius 2 is 0.855 bits per heavy atom. The molecule has 0 atom stereocenters. The van der Waals surface area contributed by atoms with Crippen LogP contribution in [0, 0.1) is 0 Å². The molecule has 9 aromatic carbocycles. The minimum absolute atomic E-state index is 0.868. The van der Waals surface area contributed by atoms with E-state index in [1.807, 2.05) is 24.3 Å². The van der Waals surface area contributed by atoms with Gasteiger partial charge in [0.2, 0.25) is 0 Å². The lowest BCUT2D eigenvalue weighted by atomic mass is 9.94. The fourth-order valence-electron chi connectivity index (χ4n) is 8.23. The molecule has 0 N–H and O–H groups in total. The molecule has 0 aliphatic heterocycles. The van der Waals surface area contributed by atoms with Gasteiger partial charge in [-0.2, -0.15) is 0 Å². The number of anilines is 3. The summed E-state index contributed by atoms with van der Waals surface area (Å²) in [4.78, 5) is 2.41. The molecule has 0 radical (unpaired) electrons. The molecule has 3 heteroatoms. The second kappa shape index (κ2) is 12.6. The normalized spacial score (nSPS) is 11.6. The van der Waals surface area contributed by atoms with Crippen LogP contribution in [0.2, 0.25) is 0 Å². The van der Waals surface area contributed by atoms with Crippen LogP contribution in [0.3, 0.4) is 0 Å². The van der Waals surface area contributed by atoms with E-state index in [-0.39, 0.29) is 0 Å². The largest absolute Gasteiger partial charge is 0.456 e. The number of benzene rings is 9. The quantitative estimate of drug-likeness (QED) is 0.173. The Kier molecular flexibility index (Phi) is 7.17.